The number of benzene rings is 2. The first kappa shape index (κ1) is 26.1. The Balaban J connectivity index is 1.53. The number of aromatic nitrogens is 2. The summed E-state index contributed by atoms with van der Waals surface area (Å²) in [4.78, 5) is 27.0. The van der Waals surface area contributed by atoms with Gasteiger partial charge < -0.3 is 14.6 Å². The molecule has 0 fully saturated rings. The van der Waals surface area contributed by atoms with Crippen LogP contribution in [-0.4, -0.2) is 20.4 Å². The number of nitriles is 1. The SMILES string of the molecule is Cc1ccc(NC(=O)/C(C#N)=C\c2cc(C)n(-c3ccc(Oc4ccc([N+](=O)[O-])cn4)cc3)c2C)cc1Cl. The van der Waals surface area contributed by atoms with Gasteiger partial charge in [-0.2, -0.15) is 5.26 Å². The molecule has 0 atom stereocenters. The van der Waals surface area contributed by atoms with Gasteiger partial charge in [-0.25, -0.2) is 4.98 Å². The molecule has 0 unspecified atom stereocenters. The number of halogens is 1. The highest BCUT2D eigenvalue weighted by atomic mass is 35.5. The van der Waals surface area contributed by atoms with E-state index in [0.29, 0.717) is 16.5 Å². The van der Waals surface area contributed by atoms with Crippen LogP contribution in [0.2, 0.25) is 5.02 Å². The lowest BCUT2D eigenvalue weighted by Gasteiger charge is -2.11. The highest BCUT2D eigenvalue weighted by Crippen LogP contribution is 2.27. The Morgan fingerprint density at radius 1 is 1.13 bits per heavy atom. The first-order valence-corrected chi connectivity index (χ1v) is 11.8. The van der Waals surface area contributed by atoms with E-state index in [1.807, 2.05) is 49.6 Å². The van der Waals surface area contributed by atoms with E-state index < -0.39 is 10.8 Å². The number of carbonyl (C=O) groups is 1. The Hall–Kier alpha value is -4.94. The lowest BCUT2D eigenvalue weighted by molar-refractivity contribution is -0.385. The minimum absolute atomic E-state index is 0.0405. The molecule has 9 nitrogen and oxygen atoms in total. The number of ether oxygens (including phenoxy) is 1. The highest BCUT2D eigenvalue weighted by Gasteiger charge is 2.15. The van der Waals surface area contributed by atoms with Crippen LogP contribution in [0.4, 0.5) is 11.4 Å². The number of nitrogens with one attached hydrogen (secondary N) is 1. The number of aryl methyl sites for hydroxylation is 2. The van der Waals surface area contributed by atoms with E-state index in [-0.39, 0.29) is 17.1 Å². The molecule has 190 valence electrons. The van der Waals surface area contributed by atoms with Crippen LogP contribution < -0.4 is 10.1 Å². The van der Waals surface area contributed by atoms with Gasteiger partial charge in [0.05, 0.1) is 4.92 Å². The highest BCUT2D eigenvalue weighted by molar-refractivity contribution is 6.31. The second kappa shape index (κ2) is 11.0. The predicted molar refractivity (Wildman–Crippen MR) is 145 cm³/mol. The maximum Gasteiger partial charge on any atom is 0.287 e. The van der Waals surface area contributed by atoms with Crippen molar-refractivity contribution in [2.24, 2.45) is 0 Å². The van der Waals surface area contributed by atoms with E-state index in [4.69, 9.17) is 16.3 Å². The van der Waals surface area contributed by atoms with Gasteiger partial charge in [0.1, 0.15) is 23.6 Å². The monoisotopic (exact) mass is 527 g/mol. The lowest BCUT2D eigenvalue weighted by atomic mass is 10.1. The van der Waals surface area contributed by atoms with Gasteiger partial charge in [0.15, 0.2) is 0 Å². The molecule has 4 rings (SSSR count). The van der Waals surface area contributed by atoms with E-state index >= 15 is 0 Å². The number of anilines is 1. The van der Waals surface area contributed by atoms with Gasteiger partial charge in [-0.05, 0) is 80.4 Å². The van der Waals surface area contributed by atoms with E-state index in [1.54, 1.807) is 36.4 Å². The van der Waals surface area contributed by atoms with E-state index in [0.717, 1.165) is 34.4 Å². The van der Waals surface area contributed by atoms with Crippen LogP contribution in [0.25, 0.3) is 11.8 Å². The molecule has 0 spiro atoms. The number of hydrogen-bond acceptors (Lipinski definition) is 6. The number of carbonyl (C=O) groups excluding carboxylic acids is 1. The lowest BCUT2D eigenvalue weighted by Crippen LogP contribution is -2.13. The van der Waals surface area contributed by atoms with Crippen molar-refractivity contribution >= 4 is 35.0 Å². The molecule has 1 amide bonds. The molecule has 2 heterocycles. The summed E-state index contributed by atoms with van der Waals surface area (Å²) in [6, 6.07) is 19.0. The maximum absolute atomic E-state index is 12.8. The summed E-state index contributed by atoms with van der Waals surface area (Å²) in [6.07, 6.45) is 2.69. The number of hydrogen-bond donors (Lipinski definition) is 1. The van der Waals surface area contributed by atoms with Gasteiger partial charge in [-0.15, -0.1) is 0 Å². The second-order valence-electron chi connectivity index (χ2n) is 8.46. The summed E-state index contributed by atoms with van der Waals surface area (Å²) in [5.74, 6) is 0.218. The van der Waals surface area contributed by atoms with Crippen molar-refractivity contribution in [1.29, 1.82) is 5.26 Å². The molecule has 0 aliphatic rings. The van der Waals surface area contributed by atoms with Crippen molar-refractivity contribution in [2.75, 3.05) is 5.32 Å². The minimum Gasteiger partial charge on any atom is -0.439 e. The van der Waals surface area contributed by atoms with Crippen molar-refractivity contribution in [1.82, 2.24) is 9.55 Å². The normalized spacial score (nSPS) is 11.1. The molecule has 4 aromatic rings. The Morgan fingerprint density at radius 3 is 2.47 bits per heavy atom. The third-order valence-corrected chi connectivity index (χ3v) is 6.22. The van der Waals surface area contributed by atoms with Crippen LogP contribution in [0.1, 0.15) is 22.5 Å². The predicted octanol–water partition coefficient (Wildman–Crippen LogP) is 6.70. The molecule has 2 aromatic carbocycles. The topological polar surface area (TPSA) is 123 Å². The molecule has 0 bridgehead atoms. The summed E-state index contributed by atoms with van der Waals surface area (Å²) < 4.78 is 7.68. The smallest absolute Gasteiger partial charge is 0.287 e. The zero-order valence-corrected chi connectivity index (χ0v) is 21.5. The maximum atomic E-state index is 12.8. The van der Waals surface area contributed by atoms with Gasteiger partial charge in [0.2, 0.25) is 5.88 Å². The molecule has 2 aromatic heterocycles. The van der Waals surface area contributed by atoms with E-state index in [9.17, 15) is 20.2 Å². The van der Waals surface area contributed by atoms with Crippen LogP contribution in [0.3, 0.4) is 0 Å². The Bertz CT molecular complexity index is 1600. The summed E-state index contributed by atoms with van der Waals surface area (Å²) in [7, 11) is 0. The first-order chi connectivity index (χ1) is 18.2. The summed E-state index contributed by atoms with van der Waals surface area (Å²) >= 11 is 6.14. The fourth-order valence-electron chi connectivity index (χ4n) is 3.83. The summed E-state index contributed by atoms with van der Waals surface area (Å²) in [5, 5.41) is 23.7. The van der Waals surface area contributed by atoms with Crippen LogP contribution in [0.15, 0.2) is 72.4 Å². The number of rotatable bonds is 7. The molecule has 0 saturated heterocycles. The molecule has 0 radical (unpaired) electrons. The third kappa shape index (κ3) is 5.72. The first-order valence-electron chi connectivity index (χ1n) is 11.4. The van der Waals surface area contributed by atoms with Gasteiger partial charge in [0, 0.05) is 39.9 Å². The Morgan fingerprint density at radius 2 is 1.87 bits per heavy atom. The average Bonchev–Trinajstić information content (AvgIpc) is 3.17. The van der Waals surface area contributed by atoms with Gasteiger partial charge >= 0.3 is 0 Å². The summed E-state index contributed by atoms with van der Waals surface area (Å²) in [6.45, 7) is 5.69. The van der Waals surface area contributed by atoms with Crippen LogP contribution in [0.5, 0.6) is 11.6 Å². The fraction of sp³-hybridized carbons (Fsp3) is 0.107. The quantitative estimate of drug-likeness (QED) is 0.123. The van der Waals surface area contributed by atoms with Crippen LogP contribution in [-0.2, 0) is 4.79 Å². The second-order valence-corrected chi connectivity index (χ2v) is 8.86. The summed E-state index contributed by atoms with van der Waals surface area (Å²) in [5.41, 5.74) is 4.55. The fourth-order valence-corrected chi connectivity index (χ4v) is 4.01. The molecule has 0 aliphatic carbocycles. The Labute approximate surface area is 223 Å². The van der Waals surface area contributed by atoms with Crippen LogP contribution >= 0.6 is 11.6 Å². The van der Waals surface area contributed by atoms with Gasteiger partial charge in [0.25, 0.3) is 11.6 Å². The number of pyridine rings is 1. The number of amides is 1. The van der Waals surface area contributed by atoms with Crippen LogP contribution in [0, 0.1) is 42.2 Å². The standard InChI is InChI=1S/C28H22ClN5O4/c1-17-4-5-22(14-26(17)29)32-28(35)21(15-30)13-20-12-18(2)33(19(20)3)23-6-9-25(10-7-23)38-27-11-8-24(16-31-27)34(36)37/h4-14,16H,1-3H3,(H,32,35)/b21-13-. The van der Waals surface area contributed by atoms with Gasteiger partial charge in [-0.3, -0.25) is 14.9 Å². The number of nitrogens with zero attached hydrogens (tertiary/aromatic N) is 4. The van der Waals surface area contributed by atoms with Crippen molar-refractivity contribution in [3.63, 3.8) is 0 Å². The van der Waals surface area contributed by atoms with Crippen molar-refractivity contribution in [2.45, 2.75) is 20.8 Å². The average molecular weight is 528 g/mol. The minimum atomic E-state index is -0.529. The van der Waals surface area contributed by atoms with Crippen molar-refractivity contribution in [3.05, 3.63) is 110 Å². The third-order valence-electron chi connectivity index (χ3n) is 5.81. The van der Waals surface area contributed by atoms with Crippen molar-refractivity contribution < 1.29 is 14.5 Å². The van der Waals surface area contributed by atoms with Crippen molar-refractivity contribution in [3.8, 4) is 23.4 Å². The molecule has 10 heteroatoms. The van der Waals surface area contributed by atoms with E-state index in [1.165, 1.54) is 12.1 Å². The molecular weight excluding hydrogens is 506 g/mol. The van der Waals surface area contributed by atoms with E-state index in [2.05, 4.69) is 10.3 Å². The molecule has 38 heavy (non-hydrogen) atoms. The van der Waals surface area contributed by atoms with Gasteiger partial charge in [-0.1, -0.05) is 17.7 Å². The molecule has 1 N–H and O–H groups in total. The Kier molecular flexibility index (Phi) is 7.55. The molecule has 0 aliphatic heterocycles. The largest absolute Gasteiger partial charge is 0.439 e. The molecule has 0 saturated carbocycles. The molecular formula is C28H22ClN5O4. The number of nitro groups is 1. The zero-order valence-electron chi connectivity index (χ0n) is 20.7. The zero-order chi connectivity index (χ0) is 27.4.